The first kappa shape index (κ1) is 22.7. The molecule has 0 saturated heterocycles. The maximum atomic E-state index is 12.0. The number of rotatable bonds is 7. The molecule has 1 aliphatic heterocycles. The molecular formula is C27H34N4O3. The average Bonchev–Trinajstić information content (AvgIpc) is 3.39. The Bertz CT molecular complexity index is 1210. The molecule has 1 atom stereocenters. The molecule has 1 fully saturated rings. The first-order valence-electron chi connectivity index (χ1n) is 12.5. The molecule has 5 rings (SSSR count). The number of fused-ring (bicyclic) bond motifs is 1. The molecule has 7 nitrogen and oxygen atoms in total. The highest BCUT2D eigenvalue weighted by atomic mass is 16.6. The zero-order chi connectivity index (χ0) is 23.7. The van der Waals surface area contributed by atoms with Gasteiger partial charge in [0.1, 0.15) is 0 Å². The molecule has 3 aliphatic rings. The van der Waals surface area contributed by atoms with Gasteiger partial charge in [-0.2, -0.15) is 5.10 Å². The van der Waals surface area contributed by atoms with Crippen molar-refractivity contribution in [2.75, 3.05) is 18.5 Å². The Morgan fingerprint density at radius 1 is 1.26 bits per heavy atom. The maximum absolute atomic E-state index is 12.0. The van der Waals surface area contributed by atoms with Crippen LogP contribution < -0.4 is 21.3 Å². The van der Waals surface area contributed by atoms with Crippen LogP contribution in [-0.4, -0.2) is 41.7 Å². The molecule has 0 bridgehead atoms. The molecule has 180 valence electrons. The lowest BCUT2D eigenvalue weighted by Gasteiger charge is -2.30. The Morgan fingerprint density at radius 2 is 2.06 bits per heavy atom. The molecule has 1 amide bonds. The van der Waals surface area contributed by atoms with Gasteiger partial charge in [0.2, 0.25) is 0 Å². The third kappa shape index (κ3) is 4.37. The summed E-state index contributed by atoms with van der Waals surface area (Å²) >= 11 is 0. The topological polar surface area (TPSA) is 76.9 Å². The van der Waals surface area contributed by atoms with Crippen molar-refractivity contribution in [3.63, 3.8) is 0 Å². The van der Waals surface area contributed by atoms with Gasteiger partial charge in [-0.25, -0.2) is 4.79 Å². The van der Waals surface area contributed by atoms with Gasteiger partial charge in [0.05, 0.1) is 23.6 Å². The first-order valence-corrected chi connectivity index (χ1v) is 12.5. The van der Waals surface area contributed by atoms with E-state index in [1.54, 1.807) is 0 Å². The van der Waals surface area contributed by atoms with Crippen LogP contribution in [0.25, 0.3) is 23.4 Å². The Morgan fingerprint density at radius 3 is 2.68 bits per heavy atom. The summed E-state index contributed by atoms with van der Waals surface area (Å²) in [5.74, 6) is 0. The van der Waals surface area contributed by atoms with Crippen molar-refractivity contribution in [1.29, 1.82) is 0 Å². The molecule has 34 heavy (non-hydrogen) atoms. The van der Waals surface area contributed by atoms with Crippen molar-refractivity contribution >= 4 is 29.6 Å². The van der Waals surface area contributed by atoms with E-state index in [1.165, 1.54) is 41.1 Å². The van der Waals surface area contributed by atoms with E-state index < -0.39 is 6.09 Å². The minimum absolute atomic E-state index is 0.106. The second-order valence-electron chi connectivity index (χ2n) is 9.45. The second-order valence-corrected chi connectivity index (χ2v) is 9.45. The van der Waals surface area contributed by atoms with Gasteiger partial charge in [-0.1, -0.05) is 18.2 Å². The van der Waals surface area contributed by atoms with Crippen LogP contribution >= 0.6 is 0 Å². The third-order valence-corrected chi connectivity index (χ3v) is 6.72. The molecule has 7 heteroatoms. The van der Waals surface area contributed by atoms with Crippen molar-refractivity contribution in [2.45, 2.75) is 71.1 Å². The molecule has 2 aliphatic carbocycles. The minimum atomic E-state index is -0.436. The minimum Gasteiger partial charge on any atom is -0.447 e. The number of hydrazone groups is 1. The fraction of sp³-hybridized carbons (Fsp3) is 0.481. The molecule has 2 heterocycles. The van der Waals surface area contributed by atoms with Crippen LogP contribution in [0.5, 0.6) is 0 Å². The van der Waals surface area contributed by atoms with Crippen molar-refractivity contribution in [1.82, 2.24) is 9.99 Å². The van der Waals surface area contributed by atoms with E-state index in [-0.39, 0.29) is 12.2 Å². The van der Waals surface area contributed by atoms with Crippen LogP contribution in [-0.2, 0) is 9.47 Å². The molecule has 1 aromatic heterocycles. The van der Waals surface area contributed by atoms with Crippen molar-refractivity contribution < 1.29 is 14.3 Å². The van der Waals surface area contributed by atoms with E-state index in [4.69, 9.17) is 9.47 Å². The maximum Gasteiger partial charge on any atom is 0.411 e. The van der Waals surface area contributed by atoms with Gasteiger partial charge < -0.3 is 19.5 Å². The summed E-state index contributed by atoms with van der Waals surface area (Å²) < 4.78 is 13.7. The predicted octanol–water partition coefficient (Wildman–Crippen LogP) is 3.90. The number of ether oxygens (including phenoxy) is 2. The van der Waals surface area contributed by atoms with Gasteiger partial charge in [-0.3, -0.25) is 5.32 Å². The smallest absolute Gasteiger partial charge is 0.411 e. The van der Waals surface area contributed by atoms with Gasteiger partial charge in [-0.05, 0) is 70.2 Å². The average molecular weight is 463 g/mol. The molecule has 0 spiro atoms. The molecule has 1 saturated carbocycles. The van der Waals surface area contributed by atoms with Gasteiger partial charge in [-0.15, -0.1) is 0 Å². The van der Waals surface area contributed by atoms with Crippen LogP contribution in [0.4, 0.5) is 10.5 Å². The molecule has 2 aromatic rings. The van der Waals surface area contributed by atoms with Crippen LogP contribution in [0.2, 0.25) is 0 Å². The highest BCUT2D eigenvalue weighted by molar-refractivity contribution is 6.07. The summed E-state index contributed by atoms with van der Waals surface area (Å²) in [6, 6.07) is 8.56. The normalized spacial score (nSPS) is 19.4. The van der Waals surface area contributed by atoms with Crippen molar-refractivity contribution in [2.24, 2.45) is 5.10 Å². The Balaban J connectivity index is 1.62. The quantitative estimate of drug-likeness (QED) is 0.654. The fourth-order valence-electron chi connectivity index (χ4n) is 5.05. The summed E-state index contributed by atoms with van der Waals surface area (Å²) in [6.45, 7) is 7.30. The zero-order valence-corrected chi connectivity index (χ0v) is 20.3. The summed E-state index contributed by atoms with van der Waals surface area (Å²) in [6.07, 6.45) is 9.58. The number of nitrogens with one attached hydrogen (secondary N) is 2. The van der Waals surface area contributed by atoms with Crippen molar-refractivity contribution in [3.05, 3.63) is 40.4 Å². The lowest BCUT2D eigenvalue weighted by molar-refractivity contribution is 0.110. The lowest BCUT2D eigenvalue weighted by atomic mass is 9.92. The van der Waals surface area contributed by atoms with Gasteiger partial charge in [0.25, 0.3) is 0 Å². The second kappa shape index (κ2) is 9.66. The summed E-state index contributed by atoms with van der Waals surface area (Å²) in [5.41, 5.74) is 8.59. The van der Waals surface area contributed by atoms with E-state index in [0.717, 1.165) is 36.3 Å². The number of nitrogens with zero attached hydrogens (tertiary/aromatic N) is 2. The van der Waals surface area contributed by atoms with E-state index >= 15 is 0 Å². The summed E-state index contributed by atoms with van der Waals surface area (Å²) in [4.78, 5) is 12.0. The highest BCUT2D eigenvalue weighted by Crippen LogP contribution is 2.36. The van der Waals surface area contributed by atoms with Gasteiger partial charge in [0, 0.05) is 47.4 Å². The van der Waals surface area contributed by atoms with Crippen LogP contribution in [0, 0.1) is 0 Å². The molecule has 0 radical (unpaired) electrons. The zero-order valence-electron chi connectivity index (χ0n) is 20.3. The fourth-order valence-corrected chi connectivity index (χ4v) is 5.05. The molecule has 2 N–H and O–H groups in total. The van der Waals surface area contributed by atoms with Gasteiger partial charge >= 0.3 is 6.09 Å². The monoisotopic (exact) mass is 462 g/mol. The van der Waals surface area contributed by atoms with Crippen LogP contribution in [0.3, 0.4) is 0 Å². The van der Waals surface area contributed by atoms with E-state index in [9.17, 15) is 4.79 Å². The molecular weight excluding hydrogens is 428 g/mol. The lowest BCUT2D eigenvalue weighted by Crippen LogP contribution is -2.39. The number of hydrogen-bond donors (Lipinski definition) is 2. The molecule has 1 aromatic carbocycles. The number of carbonyl (C=O) groups is 1. The Labute approximate surface area is 200 Å². The van der Waals surface area contributed by atoms with Crippen LogP contribution in [0.1, 0.15) is 64.5 Å². The number of benzene rings is 1. The number of aromatic nitrogens is 1. The van der Waals surface area contributed by atoms with Crippen LogP contribution in [0.15, 0.2) is 29.4 Å². The standard InChI is InChI=1S/C27H34N4O3/c1-4-33-21-12-13-22-24(16-21)31(20-6-5-7-20)26(25(22)23-14-15-28-30-23)18-8-10-19(11-9-18)29-27(32)34-17(2)3/h8-11,13,16-17,20-21,28H,4-7,12,14-15H2,1-3H3,(H,29,32). The molecule has 1 unspecified atom stereocenters. The Hall–Kier alpha value is -3.06. The first-order chi connectivity index (χ1) is 16.5. The SMILES string of the molecule is CCOC1C=c2c(c(C3=NNCC3)c(-c3ccc(NC(=O)OC(C)C)cc3)n2C2CCC2)=CC1. The third-order valence-electron chi connectivity index (χ3n) is 6.72. The number of carbonyl (C=O) groups excluding carboxylic acids is 1. The predicted molar refractivity (Wildman–Crippen MR) is 135 cm³/mol. The number of anilines is 1. The van der Waals surface area contributed by atoms with E-state index in [2.05, 4.69) is 51.6 Å². The van der Waals surface area contributed by atoms with E-state index in [1.807, 2.05) is 26.0 Å². The highest BCUT2D eigenvalue weighted by Gasteiger charge is 2.30. The Kier molecular flexibility index (Phi) is 6.46. The van der Waals surface area contributed by atoms with Crippen molar-refractivity contribution in [3.8, 4) is 11.3 Å². The summed E-state index contributed by atoms with van der Waals surface area (Å²) in [5, 5.41) is 10.0. The summed E-state index contributed by atoms with van der Waals surface area (Å²) in [7, 11) is 0. The number of hydrogen-bond acceptors (Lipinski definition) is 5. The largest absolute Gasteiger partial charge is 0.447 e. The van der Waals surface area contributed by atoms with E-state index in [0.29, 0.717) is 12.6 Å². The van der Waals surface area contributed by atoms with Gasteiger partial charge in [0.15, 0.2) is 0 Å². The number of amides is 1.